The van der Waals surface area contributed by atoms with Crippen LogP contribution < -0.4 is 11.1 Å². The van der Waals surface area contributed by atoms with Gasteiger partial charge in [-0.25, -0.2) is 9.18 Å². The lowest BCUT2D eigenvalue weighted by atomic mass is 10.3. The van der Waals surface area contributed by atoms with Gasteiger partial charge in [-0.2, -0.15) is 0 Å². The standard InChI is InChI=1S/C11H14FN3O2/c12-9-3-1-4-10(7-9)14-11(17)15(8-16)6-2-5-13/h1,3-4,7-8H,2,5-6,13H2,(H,14,17). The van der Waals surface area contributed by atoms with Crippen LogP contribution in [0.5, 0.6) is 0 Å². The Balaban J connectivity index is 2.60. The average Bonchev–Trinajstić information content (AvgIpc) is 2.30. The molecule has 0 aromatic heterocycles. The van der Waals surface area contributed by atoms with Crippen molar-refractivity contribution in [3.63, 3.8) is 0 Å². The largest absolute Gasteiger partial charge is 0.330 e. The Morgan fingerprint density at radius 2 is 2.29 bits per heavy atom. The van der Waals surface area contributed by atoms with Crippen LogP contribution in [0, 0.1) is 5.82 Å². The highest BCUT2D eigenvalue weighted by Gasteiger charge is 2.11. The Morgan fingerprint density at radius 1 is 1.53 bits per heavy atom. The summed E-state index contributed by atoms with van der Waals surface area (Å²) in [5.41, 5.74) is 5.58. The van der Waals surface area contributed by atoms with E-state index < -0.39 is 11.8 Å². The highest BCUT2D eigenvalue weighted by molar-refractivity contribution is 5.95. The molecule has 0 aliphatic heterocycles. The first kappa shape index (κ1) is 13.1. The fraction of sp³-hybridized carbons (Fsp3) is 0.273. The van der Waals surface area contributed by atoms with Crippen LogP contribution >= 0.6 is 0 Å². The number of imide groups is 1. The summed E-state index contributed by atoms with van der Waals surface area (Å²) in [5.74, 6) is -0.456. The summed E-state index contributed by atoms with van der Waals surface area (Å²) in [6.07, 6.45) is 0.944. The number of nitrogens with one attached hydrogen (secondary N) is 1. The van der Waals surface area contributed by atoms with Gasteiger partial charge in [0.25, 0.3) is 0 Å². The maximum absolute atomic E-state index is 12.9. The molecule has 0 aliphatic carbocycles. The molecule has 0 bridgehead atoms. The second-order valence-electron chi connectivity index (χ2n) is 3.38. The van der Waals surface area contributed by atoms with E-state index in [0.29, 0.717) is 25.1 Å². The molecule has 3 N–H and O–H groups in total. The maximum atomic E-state index is 12.9. The molecule has 0 fully saturated rings. The summed E-state index contributed by atoms with van der Waals surface area (Å²) < 4.78 is 12.9. The van der Waals surface area contributed by atoms with Crippen LogP contribution in [0.15, 0.2) is 24.3 Å². The lowest BCUT2D eigenvalue weighted by Crippen LogP contribution is -2.35. The van der Waals surface area contributed by atoms with Crippen molar-refractivity contribution in [1.82, 2.24) is 4.90 Å². The summed E-state index contributed by atoms with van der Waals surface area (Å²) >= 11 is 0. The predicted molar refractivity (Wildman–Crippen MR) is 61.9 cm³/mol. The van der Waals surface area contributed by atoms with Crippen LogP contribution in [0.25, 0.3) is 0 Å². The molecule has 6 heteroatoms. The minimum atomic E-state index is -0.598. The number of nitrogens with zero attached hydrogens (tertiary/aromatic N) is 1. The molecule has 1 aromatic carbocycles. The van der Waals surface area contributed by atoms with Gasteiger partial charge in [0.15, 0.2) is 0 Å². The van der Waals surface area contributed by atoms with Gasteiger partial charge in [-0.1, -0.05) is 6.07 Å². The number of halogens is 1. The lowest BCUT2D eigenvalue weighted by Gasteiger charge is -2.15. The van der Waals surface area contributed by atoms with Crippen LogP contribution in [-0.4, -0.2) is 30.4 Å². The van der Waals surface area contributed by atoms with Crippen LogP contribution in [0.1, 0.15) is 6.42 Å². The molecule has 5 nitrogen and oxygen atoms in total. The van der Waals surface area contributed by atoms with Crippen LogP contribution in [0.2, 0.25) is 0 Å². The molecule has 0 radical (unpaired) electrons. The molecule has 0 spiro atoms. The first-order valence-electron chi connectivity index (χ1n) is 5.16. The van der Waals surface area contributed by atoms with Gasteiger partial charge in [-0.3, -0.25) is 9.69 Å². The number of urea groups is 1. The molecular weight excluding hydrogens is 225 g/mol. The topological polar surface area (TPSA) is 75.4 Å². The van der Waals surface area contributed by atoms with E-state index in [2.05, 4.69) is 5.32 Å². The first-order valence-corrected chi connectivity index (χ1v) is 5.16. The first-order chi connectivity index (χ1) is 8.17. The number of carbonyl (C=O) groups is 2. The minimum absolute atomic E-state index is 0.237. The van der Waals surface area contributed by atoms with E-state index in [9.17, 15) is 14.0 Å². The molecule has 0 saturated heterocycles. The quantitative estimate of drug-likeness (QED) is 0.757. The van der Waals surface area contributed by atoms with Crippen molar-refractivity contribution in [2.75, 3.05) is 18.4 Å². The summed E-state index contributed by atoms with van der Waals surface area (Å²) in [6.45, 7) is 0.624. The van der Waals surface area contributed by atoms with Gasteiger partial charge in [0.05, 0.1) is 0 Å². The van der Waals surface area contributed by atoms with Crippen molar-refractivity contribution in [3.05, 3.63) is 30.1 Å². The van der Waals surface area contributed by atoms with E-state index in [1.54, 1.807) is 0 Å². The highest BCUT2D eigenvalue weighted by atomic mass is 19.1. The van der Waals surface area contributed by atoms with Gasteiger partial charge < -0.3 is 11.1 Å². The Hall–Kier alpha value is -1.95. The Kier molecular flexibility index (Phi) is 5.09. The lowest BCUT2D eigenvalue weighted by molar-refractivity contribution is -0.115. The van der Waals surface area contributed by atoms with Gasteiger partial charge in [0, 0.05) is 12.2 Å². The Morgan fingerprint density at radius 3 is 2.88 bits per heavy atom. The van der Waals surface area contributed by atoms with Crippen molar-refractivity contribution < 1.29 is 14.0 Å². The van der Waals surface area contributed by atoms with Crippen molar-refractivity contribution in [2.24, 2.45) is 5.73 Å². The van der Waals surface area contributed by atoms with Gasteiger partial charge in [-0.05, 0) is 31.2 Å². The number of nitrogens with two attached hydrogens (primary N) is 1. The SMILES string of the molecule is NCCCN(C=O)C(=O)Nc1cccc(F)c1. The summed E-state index contributed by atoms with van der Waals surface area (Å²) in [7, 11) is 0. The van der Waals surface area contributed by atoms with Crippen molar-refractivity contribution in [1.29, 1.82) is 0 Å². The zero-order chi connectivity index (χ0) is 12.7. The summed E-state index contributed by atoms with van der Waals surface area (Å²) in [5, 5.41) is 2.42. The van der Waals surface area contributed by atoms with Gasteiger partial charge in [0.1, 0.15) is 5.82 Å². The van der Waals surface area contributed by atoms with Gasteiger partial charge in [-0.15, -0.1) is 0 Å². The number of rotatable bonds is 5. The second kappa shape index (κ2) is 6.59. The number of hydrogen-bond donors (Lipinski definition) is 2. The van der Waals surface area contributed by atoms with Crippen LogP contribution in [0.4, 0.5) is 14.9 Å². The minimum Gasteiger partial charge on any atom is -0.330 e. The molecule has 1 aromatic rings. The number of anilines is 1. The average molecular weight is 239 g/mol. The van der Waals surface area contributed by atoms with E-state index in [-0.39, 0.29) is 6.54 Å². The summed E-state index contributed by atoms with van der Waals surface area (Å²) in [4.78, 5) is 23.2. The summed E-state index contributed by atoms with van der Waals surface area (Å²) in [6, 6.07) is 4.84. The Labute approximate surface area is 98.4 Å². The molecule has 17 heavy (non-hydrogen) atoms. The molecule has 0 heterocycles. The third kappa shape index (κ3) is 4.20. The second-order valence-corrected chi connectivity index (χ2v) is 3.38. The smallest absolute Gasteiger partial charge is 0.328 e. The molecule has 0 aliphatic rings. The third-order valence-corrected chi connectivity index (χ3v) is 2.07. The van der Waals surface area contributed by atoms with E-state index >= 15 is 0 Å². The fourth-order valence-corrected chi connectivity index (χ4v) is 1.23. The number of hydrogen-bond acceptors (Lipinski definition) is 3. The number of amides is 3. The van der Waals surface area contributed by atoms with Crippen molar-refractivity contribution in [2.45, 2.75) is 6.42 Å². The van der Waals surface area contributed by atoms with Crippen molar-refractivity contribution in [3.8, 4) is 0 Å². The molecule has 1 rings (SSSR count). The number of carbonyl (C=O) groups excluding carboxylic acids is 2. The zero-order valence-corrected chi connectivity index (χ0v) is 9.23. The van der Waals surface area contributed by atoms with E-state index in [1.165, 1.54) is 24.3 Å². The monoisotopic (exact) mass is 239 g/mol. The molecular formula is C11H14FN3O2. The zero-order valence-electron chi connectivity index (χ0n) is 9.23. The van der Waals surface area contributed by atoms with E-state index in [0.717, 1.165) is 4.90 Å². The maximum Gasteiger partial charge on any atom is 0.328 e. The number of benzene rings is 1. The van der Waals surface area contributed by atoms with Crippen LogP contribution in [0.3, 0.4) is 0 Å². The highest BCUT2D eigenvalue weighted by Crippen LogP contribution is 2.09. The molecule has 0 atom stereocenters. The molecule has 3 amide bonds. The fourth-order valence-electron chi connectivity index (χ4n) is 1.23. The molecule has 0 unspecified atom stereocenters. The predicted octanol–water partition coefficient (Wildman–Crippen LogP) is 1.16. The van der Waals surface area contributed by atoms with Gasteiger partial charge >= 0.3 is 6.03 Å². The van der Waals surface area contributed by atoms with E-state index in [4.69, 9.17) is 5.73 Å². The third-order valence-electron chi connectivity index (χ3n) is 2.07. The van der Waals surface area contributed by atoms with Gasteiger partial charge in [0.2, 0.25) is 6.41 Å². The Bertz CT molecular complexity index is 398. The molecule has 0 saturated carbocycles. The normalized spacial score (nSPS) is 9.76. The van der Waals surface area contributed by atoms with Crippen molar-refractivity contribution >= 4 is 18.1 Å². The van der Waals surface area contributed by atoms with E-state index in [1.807, 2.05) is 0 Å². The van der Waals surface area contributed by atoms with Crippen LogP contribution in [-0.2, 0) is 4.79 Å². The molecule has 92 valence electrons.